The Labute approximate surface area is 156 Å². The van der Waals surface area contributed by atoms with Crippen LogP contribution in [0.2, 0.25) is 10.0 Å². The lowest BCUT2D eigenvalue weighted by atomic mass is 10.0. The summed E-state index contributed by atoms with van der Waals surface area (Å²) in [4.78, 5) is 4.85. The topological polar surface area (TPSA) is 42.9 Å². The Kier molecular flexibility index (Phi) is 4.39. The summed E-state index contributed by atoms with van der Waals surface area (Å²) in [5.74, 6) is 0. The Morgan fingerprint density at radius 1 is 1.16 bits per heavy atom. The van der Waals surface area contributed by atoms with Crippen molar-refractivity contribution >= 4 is 34.6 Å². The van der Waals surface area contributed by atoms with Gasteiger partial charge in [0.05, 0.1) is 30.3 Å². The number of fused-ring (bicyclic) bond motifs is 3. The molecule has 0 atom stereocenters. The molecule has 25 heavy (non-hydrogen) atoms. The Morgan fingerprint density at radius 3 is 2.80 bits per heavy atom. The second-order valence-corrected chi connectivity index (χ2v) is 6.69. The van der Waals surface area contributed by atoms with E-state index in [0.717, 1.165) is 28.2 Å². The molecule has 0 aliphatic carbocycles. The average molecular weight is 374 g/mol. The highest BCUT2D eigenvalue weighted by Gasteiger charge is 2.28. The van der Waals surface area contributed by atoms with Crippen LogP contribution in [-0.4, -0.2) is 31.0 Å². The van der Waals surface area contributed by atoms with Crippen molar-refractivity contribution < 1.29 is 0 Å². The largest absolute Gasteiger partial charge is 0.302 e. The first-order valence-corrected chi connectivity index (χ1v) is 8.70. The number of nitrogens with one attached hydrogen (secondary N) is 2. The maximum atomic E-state index is 6.43. The van der Waals surface area contributed by atoms with Crippen molar-refractivity contribution in [1.82, 2.24) is 15.9 Å². The van der Waals surface area contributed by atoms with Crippen LogP contribution in [0.1, 0.15) is 11.1 Å². The molecule has 2 aromatic carbocycles. The molecule has 128 valence electrons. The molecule has 0 amide bonds. The van der Waals surface area contributed by atoms with Gasteiger partial charge in [0.15, 0.2) is 0 Å². The van der Waals surface area contributed by atoms with E-state index in [0.29, 0.717) is 23.3 Å². The maximum Gasteiger partial charge on any atom is 0.0848 e. The normalized spacial score (nSPS) is 16.1. The molecule has 2 N–H and O–H groups in total. The fourth-order valence-corrected chi connectivity index (χ4v) is 3.45. The van der Waals surface area contributed by atoms with Crippen molar-refractivity contribution in [3.63, 3.8) is 0 Å². The van der Waals surface area contributed by atoms with E-state index in [1.807, 2.05) is 65.7 Å². The van der Waals surface area contributed by atoms with Gasteiger partial charge in [-0.1, -0.05) is 41.4 Å². The van der Waals surface area contributed by atoms with Gasteiger partial charge in [0.1, 0.15) is 0 Å². The van der Waals surface area contributed by atoms with E-state index < -0.39 is 0 Å². The lowest BCUT2D eigenvalue weighted by Crippen LogP contribution is -2.44. The zero-order valence-electron chi connectivity index (χ0n) is 13.6. The highest BCUT2D eigenvalue weighted by Crippen LogP contribution is 2.34. The first-order valence-electron chi connectivity index (χ1n) is 7.95. The van der Waals surface area contributed by atoms with E-state index in [-0.39, 0.29) is 0 Å². The van der Waals surface area contributed by atoms with E-state index in [2.05, 4.69) is 10.9 Å². The minimum absolute atomic E-state index is 0.542. The zero-order chi connectivity index (χ0) is 17.4. The van der Waals surface area contributed by atoms with Crippen molar-refractivity contribution in [2.75, 3.05) is 25.3 Å². The van der Waals surface area contributed by atoms with Gasteiger partial charge in [0.2, 0.25) is 0 Å². The van der Waals surface area contributed by atoms with Crippen molar-refractivity contribution in [2.45, 2.75) is 0 Å². The highest BCUT2D eigenvalue weighted by atomic mass is 35.5. The molecule has 7 heteroatoms. The minimum Gasteiger partial charge on any atom is -0.302 e. The predicted octanol–water partition coefficient (Wildman–Crippen LogP) is 3.40. The van der Waals surface area contributed by atoms with Crippen LogP contribution in [0, 0.1) is 0 Å². The maximum absolute atomic E-state index is 6.43. The predicted molar refractivity (Wildman–Crippen MR) is 103 cm³/mol. The van der Waals surface area contributed by atoms with Crippen LogP contribution in [0.25, 0.3) is 0 Å². The molecule has 2 heterocycles. The first kappa shape index (κ1) is 16.4. The Hall–Kier alpha value is -2.05. The number of hydrogen-bond acceptors (Lipinski definition) is 5. The van der Waals surface area contributed by atoms with Gasteiger partial charge in [0, 0.05) is 27.4 Å². The fourth-order valence-electron chi connectivity index (χ4n) is 3.05. The van der Waals surface area contributed by atoms with Gasteiger partial charge in [-0.3, -0.25) is 15.0 Å². The van der Waals surface area contributed by atoms with E-state index >= 15 is 0 Å². The summed E-state index contributed by atoms with van der Waals surface area (Å²) < 4.78 is 0. The van der Waals surface area contributed by atoms with Gasteiger partial charge >= 0.3 is 0 Å². The lowest BCUT2D eigenvalue weighted by molar-refractivity contribution is 0.280. The fraction of sp³-hybridized carbons (Fsp3) is 0.167. The van der Waals surface area contributed by atoms with Crippen LogP contribution < -0.4 is 15.9 Å². The van der Waals surface area contributed by atoms with E-state index in [1.165, 1.54) is 0 Å². The Bertz CT molecular complexity index is 878. The SMILES string of the molecule is CNCN1C=C2CN=C(c3ccccc3Cl)c3cc(Cl)ccc3N2N1. The molecular weight excluding hydrogens is 357 g/mol. The van der Waals surface area contributed by atoms with Crippen LogP contribution in [0.4, 0.5) is 5.69 Å². The number of nitrogens with zero attached hydrogens (tertiary/aromatic N) is 3. The molecule has 0 saturated heterocycles. The van der Waals surface area contributed by atoms with Gasteiger partial charge in [-0.15, -0.1) is 5.53 Å². The Balaban J connectivity index is 1.86. The van der Waals surface area contributed by atoms with Gasteiger partial charge in [0.25, 0.3) is 0 Å². The number of hydrazine groups is 2. The standard InChI is InChI=1S/C18H17Cl2N5/c1-21-11-24-10-13-9-22-18(14-4-2-3-5-16(14)20)15-8-12(19)6-7-17(15)25(13)23-24/h2-8,10,21,23H,9,11H2,1H3. The van der Waals surface area contributed by atoms with Gasteiger partial charge in [-0.25, -0.2) is 0 Å². The summed E-state index contributed by atoms with van der Waals surface area (Å²) in [6.45, 7) is 1.23. The molecule has 4 rings (SSSR count). The van der Waals surface area contributed by atoms with Crippen LogP contribution >= 0.6 is 23.2 Å². The zero-order valence-corrected chi connectivity index (χ0v) is 15.1. The molecule has 0 fully saturated rings. The molecule has 2 aliphatic heterocycles. The van der Waals surface area contributed by atoms with E-state index in [1.54, 1.807) is 0 Å². The second kappa shape index (κ2) is 6.69. The summed E-state index contributed by atoms with van der Waals surface area (Å²) in [7, 11) is 1.91. The summed E-state index contributed by atoms with van der Waals surface area (Å²) in [5.41, 5.74) is 8.10. The molecule has 0 bridgehead atoms. The first-order chi connectivity index (χ1) is 12.2. The smallest absolute Gasteiger partial charge is 0.0848 e. The van der Waals surface area contributed by atoms with Crippen LogP contribution in [0.3, 0.4) is 0 Å². The molecule has 2 aliphatic rings. The van der Waals surface area contributed by atoms with Crippen LogP contribution in [0.5, 0.6) is 0 Å². The van der Waals surface area contributed by atoms with Crippen molar-refractivity contribution in [3.05, 3.63) is 75.5 Å². The lowest BCUT2D eigenvalue weighted by Gasteiger charge is -2.25. The third kappa shape index (κ3) is 3.00. The summed E-state index contributed by atoms with van der Waals surface area (Å²) >= 11 is 12.7. The van der Waals surface area contributed by atoms with Crippen molar-refractivity contribution in [1.29, 1.82) is 0 Å². The molecule has 0 saturated carbocycles. The second-order valence-electron chi connectivity index (χ2n) is 5.84. The van der Waals surface area contributed by atoms with Crippen LogP contribution in [-0.2, 0) is 0 Å². The molecular formula is C18H17Cl2N5. The summed E-state index contributed by atoms with van der Waals surface area (Å²) in [5, 5.41) is 8.48. The number of benzene rings is 2. The molecule has 5 nitrogen and oxygen atoms in total. The van der Waals surface area contributed by atoms with Gasteiger partial charge in [-0.2, -0.15) is 0 Å². The summed E-state index contributed by atoms with van der Waals surface area (Å²) in [6.07, 6.45) is 2.05. The number of anilines is 1. The number of rotatable bonds is 3. The molecule has 0 radical (unpaired) electrons. The number of halogens is 2. The van der Waals surface area contributed by atoms with Crippen molar-refractivity contribution in [3.8, 4) is 0 Å². The molecule has 0 unspecified atom stereocenters. The third-order valence-electron chi connectivity index (χ3n) is 4.13. The monoisotopic (exact) mass is 373 g/mol. The number of hydrogen-bond donors (Lipinski definition) is 2. The van der Waals surface area contributed by atoms with Gasteiger partial charge in [-0.05, 0) is 31.3 Å². The molecule has 2 aromatic rings. The minimum atomic E-state index is 0.542. The Morgan fingerprint density at radius 2 is 2.00 bits per heavy atom. The number of aliphatic imine (C=N–C) groups is 1. The quantitative estimate of drug-likeness (QED) is 0.864. The van der Waals surface area contributed by atoms with Crippen molar-refractivity contribution in [2.24, 2.45) is 4.99 Å². The highest BCUT2D eigenvalue weighted by molar-refractivity contribution is 6.36. The van der Waals surface area contributed by atoms with Crippen LogP contribution in [0.15, 0.2) is 59.4 Å². The molecule has 0 aromatic heterocycles. The van der Waals surface area contributed by atoms with E-state index in [4.69, 9.17) is 28.2 Å². The van der Waals surface area contributed by atoms with Gasteiger partial charge < -0.3 is 5.32 Å². The molecule has 0 spiro atoms. The summed E-state index contributed by atoms with van der Waals surface area (Å²) in [6, 6.07) is 13.6. The average Bonchev–Trinajstić information content (AvgIpc) is 2.93. The van der Waals surface area contributed by atoms with E-state index in [9.17, 15) is 0 Å². The third-order valence-corrected chi connectivity index (χ3v) is 4.70.